The molecule has 0 aliphatic heterocycles. The van der Waals surface area contributed by atoms with Crippen molar-refractivity contribution in [3.63, 3.8) is 0 Å². The summed E-state index contributed by atoms with van der Waals surface area (Å²) in [5, 5.41) is 0.718. The third-order valence-corrected chi connectivity index (χ3v) is 4.92. The highest BCUT2D eigenvalue weighted by Gasteiger charge is 2.43. The Morgan fingerprint density at radius 2 is 1.71 bits per heavy atom. The minimum Gasteiger partial charge on any atom is -0.420 e. The number of benzene rings is 1. The number of hydrogen-bond acceptors (Lipinski definition) is 5. The van der Waals surface area contributed by atoms with Crippen molar-refractivity contribution in [1.82, 2.24) is 4.98 Å². The van der Waals surface area contributed by atoms with Gasteiger partial charge in [-0.2, -0.15) is 13.2 Å². The molecule has 1 aromatic heterocycles. The first-order valence-electron chi connectivity index (χ1n) is 8.35. The van der Waals surface area contributed by atoms with Crippen LogP contribution in [0.4, 0.5) is 13.2 Å². The Bertz CT molecular complexity index is 1110. The fourth-order valence-electron chi connectivity index (χ4n) is 3.60. The lowest BCUT2D eigenvalue weighted by Gasteiger charge is -2.28. The van der Waals surface area contributed by atoms with Crippen LogP contribution >= 0.6 is 0 Å². The number of alkyl halides is 3. The molecule has 0 saturated heterocycles. The zero-order valence-electron chi connectivity index (χ0n) is 14.4. The highest BCUT2D eigenvalue weighted by atomic mass is 19.4. The largest absolute Gasteiger partial charge is 0.491 e. The number of hydrogen-bond donors (Lipinski definition) is 0. The third-order valence-electron chi connectivity index (χ3n) is 4.92. The molecule has 0 radical (unpaired) electrons. The van der Waals surface area contributed by atoms with Gasteiger partial charge in [-0.05, 0) is 19.1 Å². The summed E-state index contributed by atoms with van der Waals surface area (Å²) in [4.78, 5) is 41.2. The maximum Gasteiger partial charge on any atom is 0.491 e. The van der Waals surface area contributed by atoms with Crippen LogP contribution in [0.15, 0.2) is 42.6 Å². The van der Waals surface area contributed by atoms with Crippen molar-refractivity contribution in [3.8, 4) is 5.75 Å². The zero-order valence-corrected chi connectivity index (χ0v) is 14.4. The van der Waals surface area contributed by atoms with E-state index in [0.29, 0.717) is 5.39 Å². The van der Waals surface area contributed by atoms with Crippen molar-refractivity contribution in [2.45, 2.75) is 13.1 Å². The van der Waals surface area contributed by atoms with Crippen LogP contribution < -0.4 is 4.74 Å². The molecule has 2 aromatic rings. The monoisotopic (exact) mass is 387 g/mol. The molecule has 0 fully saturated rings. The lowest BCUT2D eigenvalue weighted by Crippen LogP contribution is -2.36. The molecule has 2 aliphatic rings. The van der Waals surface area contributed by atoms with E-state index in [9.17, 15) is 27.6 Å². The number of pyridine rings is 1. The second-order valence-corrected chi connectivity index (χ2v) is 6.57. The average molecular weight is 387 g/mol. The molecule has 0 amide bonds. The molecule has 28 heavy (non-hydrogen) atoms. The molecule has 2 unspecified atom stereocenters. The van der Waals surface area contributed by atoms with Crippen LogP contribution in [0.25, 0.3) is 10.8 Å². The van der Waals surface area contributed by atoms with Crippen molar-refractivity contribution >= 4 is 28.3 Å². The molecule has 0 saturated carbocycles. The van der Waals surface area contributed by atoms with Crippen molar-refractivity contribution in [1.29, 1.82) is 0 Å². The summed E-state index contributed by atoms with van der Waals surface area (Å²) in [5.41, 5.74) is 0.177. The Balaban J connectivity index is 1.92. The van der Waals surface area contributed by atoms with Gasteiger partial charge in [-0.3, -0.25) is 14.6 Å². The van der Waals surface area contributed by atoms with Gasteiger partial charge in [0.25, 0.3) is 0 Å². The van der Waals surface area contributed by atoms with Crippen LogP contribution in [0.2, 0.25) is 0 Å². The van der Waals surface area contributed by atoms with Gasteiger partial charge in [0.15, 0.2) is 11.6 Å². The summed E-state index contributed by atoms with van der Waals surface area (Å²) < 4.78 is 42.1. The molecule has 1 heterocycles. The number of allylic oxidation sites excluding steroid dienone is 4. The topological polar surface area (TPSA) is 73.3 Å². The maximum absolute atomic E-state index is 13.1. The van der Waals surface area contributed by atoms with Crippen molar-refractivity contribution in [3.05, 3.63) is 59.5 Å². The minimum absolute atomic E-state index is 0.0268. The summed E-state index contributed by atoms with van der Waals surface area (Å²) in [5.74, 6) is -4.72. The third kappa shape index (κ3) is 2.64. The van der Waals surface area contributed by atoms with Gasteiger partial charge in [0.05, 0.1) is 17.4 Å². The van der Waals surface area contributed by atoms with Crippen molar-refractivity contribution in [2.24, 2.45) is 11.8 Å². The van der Waals surface area contributed by atoms with Gasteiger partial charge in [0.2, 0.25) is 0 Å². The standard InChI is InChI=1S/C20H12F3NO4/c1-9-13(28-19(27)20(21,22)23)7-6-10-8-24-16-15(14(9)10)17(25)11-4-2-3-5-12(11)18(16)26/h2-8,11-12H,1H3. The Labute approximate surface area is 156 Å². The SMILES string of the molecule is Cc1c(OC(=O)C(F)(F)F)ccc2cnc3c(c12)C(=O)C1C=CC=CC1C3=O. The van der Waals surface area contributed by atoms with Gasteiger partial charge in [0, 0.05) is 22.5 Å². The number of aryl methyl sites for hydroxylation is 1. The molecule has 5 nitrogen and oxygen atoms in total. The van der Waals surface area contributed by atoms with Crippen LogP contribution in [0.1, 0.15) is 26.4 Å². The lowest BCUT2D eigenvalue weighted by molar-refractivity contribution is -0.189. The van der Waals surface area contributed by atoms with E-state index < -0.39 is 24.0 Å². The summed E-state index contributed by atoms with van der Waals surface area (Å²) in [6, 6.07) is 2.60. The van der Waals surface area contributed by atoms with Crippen LogP contribution in [0.3, 0.4) is 0 Å². The molecular weight excluding hydrogens is 375 g/mol. The first-order chi connectivity index (χ1) is 13.2. The molecule has 0 spiro atoms. The Morgan fingerprint density at radius 1 is 1.07 bits per heavy atom. The quantitative estimate of drug-likeness (QED) is 0.551. The first-order valence-corrected chi connectivity index (χ1v) is 8.35. The van der Waals surface area contributed by atoms with Gasteiger partial charge < -0.3 is 4.74 Å². The fourth-order valence-corrected chi connectivity index (χ4v) is 3.60. The molecule has 0 bridgehead atoms. The second-order valence-electron chi connectivity index (χ2n) is 6.57. The van der Waals surface area contributed by atoms with E-state index in [0.717, 1.165) is 0 Å². The molecule has 0 N–H and O–H groups in total. The molecule has 142 valence electrons. The van der Waals surface area contributed by atoms with Gasteiger partial charge in [0.1, 0.15) is 11.4 Å². The van der Waals surface area contributed by atoms with Crippen LogP contribution in [-0.4, -0.2) is 28.7 Å². The predicted octanol–water partition coefficient (Wildman–Crippen LogP) is 3.75. The Kier molecular flexibility index (Phi) is 3.95. The molecule has 2 aliphatic carbocycles. The number of halogens is 3. The zero-order chi connectivity index (χ0) is 20.2. The van der Waals surface area contributed by atoms with Gasteiger partial charge >= 0.3 is 12.1 Å². The first kappa shape index (κ1) is 18.1. The minimum atomic E-state index is -5.16. The lowest BCUT2D eigenvalue weighted by atomic mass is 9.72. The van der Waals surface area contributed by atoms with E-state index in [1.54, 1.807) is 24.3 Å². The van der Waals surface area contributed by atoms with E-state index in [1.165, 1.54) is 25.3 Å². The average Bonchev–Trinajstić information content (AvgIpc) is 2.66. The Hall–Kier alpha value is -3.29. The molecule has 4 rings (SSSR count). The van der Waals surface area contributed by atoms with Crippen molar-refractivity contribution < 1.29 is 32.3 Å². The molecular formula is C20H12F3NO4. The van der Waals surface area contributed by atoms with Crippen molar-refractivity contribution in [2.75, 3.05) is 0 Å². The summed E-state index contributed by atoms with van der Waals surface area (Å²) in [7, 11) is 0. The summed E-state index contributed by atoms with van der Waals surface area (Å²) in [6.45, 7) is 1.43. The van der Waals surface area contributed by atoms with Crippen LogP contribution in [-0.2, 0) is 4.79 Å². The summed E-state index contributed by atoms with van der Waals surface area (Å²) in [6.07, 6.45) is 2.82. The smallest absolute Gasteiger partial charge is 0.420 e. The van der Waals surface area contributed by atoms with Crippen LogP contribution in [0, 0.1) is 18.8 Å². The maximum atomic E-state index is 13.1. The normalized spacial score (nSPS) is 20.9. The number of carbonyl (C=O) groups is 3. The van der Waals surface area contributed by atoms with Gasteiger partial charge in [-0.15, -0.1) is 0 Å². The predicted molar refractivity (Wildman–Crippen MR) is 92.1 cm³/mol. The van der Waals surface area contributed by atoms with E-state index in [2.05, 4.69) is 9.72 Å². The highest BCUT2D eigenvalue weighted by molar-refractivity contribution is 6.22. The van der Waals surface area contributed by atoms with Gasteiger partial charge in [-0.25, -0.2) is 4.79 Å². The number of aromatic nitrogens is 1. The van der Waals surface area contributed by atoms with E-state index in [4.69, 9.17) is 0 Å². The fraction of sp³-hybridized carbons (Fsp3) is 0.200. The van der Waals surface area contributed by atoms with E-state index in [1.807, 2.05) is 0 Å². The molecule has 8 heteroatoms. The summed E-state index contributed by atoms with van der Waals surface area (Å²) >= 11 is 0. The number of ether oxygens (including phenoxy) is 1. The number of Topliss-reactive ketones (excluding diaryl/α,β-unsaturated/α-hetero) is 2. The van der Waals surface area contributed by atoms with Crippen LogP contribution in [0.5, 0.6) is 5.75 Å². The molecule has 1 aromatic carbocycles. The number of fused-ring (bicyclic) bond motifs is 4. The highest BCUT2D eigenvalue weighted by Crippen LogP contribution is 2.39. The second kappa shape index (κ2) is 6.12. The number of rotatable bonds is 1. The number of carbonyl (C=O) groups excluding carboxylic acids is 3. The van der Waals surface area contributed by atoms with Gasteiger partial charge in [-0.1, -0.05) is 24.3 Å². The Morgan fingerprint density at radius 3 is 2.36 bits per heavy atom. The number of esters is 1. The molecule has 2 atom stereocenters. The van der Waals surface area contributed by atoms with E-state index in [-0.39, 0.29) is 39.5 Å². The van der Waals surface area contributed by atoms with E-state index >= 15 is 0 Å². The number of ketones is 2. The number of nitrogens with zero attached hydrogens (tertiary/aromatic N) is 1.